The van der Waals surface area contributed by atoms with Gasteiger partial charge in [0.2, 0.25) is 0 Å². The Labute approximate surface area is 133 Å². The predicted octanol–water partition coefficient (Wildman–Crippen LogP) is 3.68. The molecule has 1 aromatic carbocycles. The molecule has 2 heterocycles. The molecule has 0 atom stereocenters. The van der Waals surface area contributed by atoms with E-state index in [-0.39, 0.29) is 5.91 Å². The fourth-order valence-electron chi connectivity index (χ4n) is 2.08. The molecule has 6 heteroatoms. The molecule has 0 aliphatic carbocycles. The van der Waals surface area contributed by atoms with Gasteiger partial charge in [-0.15, -0.1) is 11.3 Å². The fourth-order valence-corrected chi connectivity index (χ4v) is 2.95. The van der Waals surface area contributed by atoms with Crippen LogP contribution in [-0.4, -0.2) is 24.1 Å². The Morgan fingerprint density at radius 3 is 2.77 bits per heavy atom. The molecule has 3 rings (SSSR count). The van der Waals surface area contributed by atoms with Crippen LogP contribution in [0, 0.1) is 0 Å². The van der Waals surface area contributed by atoms with Crippen LogP contribution in [0.1, 0.15) is 42.2 Å². The Morgan fingerprint density at radius 2 is 2.05 bits per heavy atom. The lowest BCUT2D eigenvalue weighted by molar-refractivity contribution is 0.102. The van der Waals surface area contributed by atoms with Crippen LogP contribution < -0.4 is 14.8 Å². The van der Waals surface area contributed by atoms with E-state index in [0.29, 0.717) is 41.3 Å². The van der Waals surface area contributed by atoms with Gasteiger partial charge in [-0.1, -0.05) is 13.8 Å². The van der Waals surface area contributed by atoms with Crippen LogP contribution in [-0.2, 0) is 0 Å². The number of thiazole rings is 1. The van der Waals surface area contributed by atoms with Crippen LogP contribution in [0.5, 0.6) is 11.5 Å². The highest BCUT2D eigenvalue weighted by atomic mass is 32.1. The van der Waals surface area contributed by atoms with E-state index >= 15 is 0 Å². The van der Waals surface area contributed by atoms with Crippen molar-refractivity contribution in [3.05, 3.63) is 34.8 Å². The summed E-state index contributed by atoms with van der Waals surface area (Å²) in [5, 5.41) is 5.41. The van der Waals surface area contributed by atoms with Crippen LogP contribution in [0.2, 0.25) is 0 Å². The Bertz CT molecular complexity index is 682. The summed E-state index contributed by atoms with van der Waals surface area (Å²) in [6.07, 6.45) is 0.841. The first-order chi connectivity index (χ1) is 10.6. The van der Waals surface area contributed by atoms with Crippen molar-refractivity contribution in [1.29, 1.82) is 0 Å². The van der Waals surface area contributed by atoms with Gasteiger partial charge in [0, 0.05) is 17.4 Å². The molecule has 1 N–H and O–H groups in total. The van der Waals surface area contributed by atoms with Crippen molar-refractivity contribution in [2.45, 2.75) is 26.2 Å². The number of aromatic nitrogens is 1. The summed E-state index contributed by atoms with van der Waals surface area (Å²) >= 11 is 1.43. The van der Waals surface area contributed by atoms with E-state index in [1.165, 1.54) is 11.3 Å². The lowest BCUT2D eigenvalue weighted by Crippen LogP contribution is -2.12. The van der Waals surface area contributed by atoms with Crippen molar-refractivity contribution < 1.29 is 14.3 Å². The van der Waals surface area contributed by atoms with Gasteiger partial charge in [-0.3, -0.25) is 10.1 Å². The average molecular weight is 318 g/mol. The highest BCUT2D eigenvalue weighted by molar-refractivity contribution is 7.14. The summed E-state index contributed by atoms with van der Waals surface area (Å²) < 4.78 is 11.2. The number of benzene rings is 1. The molecule has 0 bridgehead atoms. The number of carbonyl (C=O) groups excluding carboxylic acids is 1. The minimum Gasteiger partial charge on any atom is -0.490 e. The van der Waals surface area contributed by atoms with Crippen LogP contribution >= 0.6 is 11.3 Å². The highest BCUT2D eigenvalue weighted by Gasteiger charge is 2.15. The van der Waals surface area contributed by atoms with E-state index in [1.54, 1.807) is 18.2 Å². The summed E-state index contributed by atoms with van der Waals surface area (Å²) in [6, 6.07) is 5.23. The maximum Gasteiger partial charge on any atom is 0.257 e. The summed E-state index contributed by atoms with van der Waals surface area (Å²) in [5.74, 6) is 1.46. The van der Waals surface area contributed by atoms with Gasteiger partial charge in [-0.2, -0.15) is 0 Å². The maximum absolute atomic E-state index is 12.3. The van der Waals surface area contributed by atoms with Gasteiger partial charge in [-0.25, -0.2) is 4.98 Å². The Hall–Kier alpha value is -2.08. The average Bonchev–Trinajstić information content (AvgIpc) is 2.84. The third kappa shape index (κ3) is 3.22. The highest BCUT2D eigenvalue weighted by Crippen LogP contribution is 2.31. The number of amides is 1. The first-order valence-electron chi connectivity index (χ1n) is 7.30. The van der Waals surface area contributed by atoms with Crippen LogP contribution in [0.3, 0.4) is 0 Å². The lowest BCUT2D eigenvalue weighted by atomic mass is 10.2. The van der Waals surface area contributed by atoms with Gasteiger partial charge in [-0.05, 0) is 24.1 Å². The quantitative estimate of drug-likeness (QED) is 0.938. The van der Waals surface area contributed by atoms with Crippen molar-refractivity contribution in [3.8, 4) is 11.5 Å². The molecular formula is C16H18N2O3S. The summed E-state index contributed by atoms with van der Waals surface area (Å²) in [4.78, 5) is 16.7. The number of nitrogens with one attached hydrogen (secondary N) is 1. The number of fused-ring (bicyclic) bond motifs is 1. The number of nitrogens with zero attached hydrogens (tertiary/aromatic N) is 1. The zero-order valence-electron chi connectivity index (χ0n) is 12.6. The molecule has 0 unspecified atom stereocenters. The topological polar surface area (TPSA) is 60.5 Å². The molecule has 116 valence electrons. The molecule has 0 radical (unpaired) electrons. The maximum atomic E-state index is 12.3. The van der Waals surface area contributed by atoms with E-state index in [1.807, 2.05) is 5.38 Å². The van der Waals surface area contributed by atoms with Crippen molar-refractivity contribution in [1.82, 2.24) is 4.98 Å². The number of anilines is 1. The molecule has 0 saturated heterocycles. The smallest absolute Gasteiger partial charge is 0.257 e. The van der Waals surface area contributed by atoms with Crippen molar-refractivity contribution in [2.24, 2.45) is 0 Å². The van der Waals surface area contributed by atoms with Crippen molar-refractivity contribution in [3.63, 3.8) is 0 Å². The molecule has 22 heavy (non-hydrogen) atoms. The lowest BCUT2D eigenvalue weighted by Gasteiger charge is -2.09. The third-order valence-corrected chi connectivity index (χ3v) is 4.12. The van der Waals surface area contributed by atoms with E-state index in [2.05, 4.69) is 24.1 Å². The minimum atomic E-state index is -0.194. The van der Waals surface area contributed by atoms with Gasteiger partial charge in [0.05, 0.1) is 18.9 Å². The molecule has 0 saturated carbocycles. The number of hydrogen-bond donors (Lipinski definition) is 1. The second kappa shape index (κ2) is 6.36. The second-order valence-electron chi connectivity index (χ2n) is 5.40. The second-order valence-corrected chi connectivity index (χ2v) is 6.26. The molecule has 1 aliphatic rings. The number of rotatable bonds is 3. The largest absolute Gasteiger partial charge is 0.490 e. The molecule has 0 spiro atoms. The molecule has 1 aromatic heterocycles. The summed E-state index contributed by atoms with van der Waals surface area (Å²) in [7, 11) is 0. The molecule has 0 fully saturated rings. The molecule has 5 nitrogen and oxygen atoms in total. The minimum absolute atomic E-state index is 0.194. The Morgan fingerprint density at radius 1 is 1.27 bits per heavy atom. The third-order valence-electron chi connectivity index (χ3n) is 3.34. The molecule has 2 aromatic rings. The Balaban J connectivity index is 1.75. The van der Waals surface area contributed by atoms with E-state index < -0.39 is 0 Å². The van der Waals surface area contributed by atoms with Gasteiger partial charge in [0.15, 0.2) is 16.6 Å². The first kappa shape index (κ1) is 14.8. The standard InChI is InChI=1S/C16H18N2O3S/c1-10(2)12-9-22-16(17-12)18-15(19)11-4-5-13-14(8-11)21-7-3-6-20-13/h4-5,8-10H,3,6-7H2,1-2H3,(H,17,18,19). The molecule has 1 aliphatic heterocycles. The fraction of sp³-hybridized carbons (Fsp3) is 0.375. The van der Waals surface area contributed by atoms with E-state index in [4.69, 9.17) is 9.47 Å². The summed E-state index contributed by atoms with van der Waals surface area (Å²) in [6.45, 7) is 5.38. The monoisotopic (exact) mass is 318 g/mol. The van der Waals surface area contributed by atoms with Gasteiger partial charge in [0.1, 0.15) is 0 Å². The molecular weight excluding hydrogens is 300 g/mol. The zero-order chi connectivity index (χ0) is 15.5. The zero-order valence-corrected chi connectivity index (χ0v) is 13.4. The Kier molecular flexibility index (Phi) is 4.29. The van der Waals surface area contributed by atoms with Crippen LogP contribution in [0.4, 0.5) is 5.13 Å². The van der Waals surface area contributed by atoms with E-state index in [0.717, 1.165) is 12.1 Å². The van der Waals surface area contributed by atoms with Crippen LogP contribution in [0.25, 0.3) is 0 Å². The SMILES string of the molecule is CC(C)c1csc(NC(=O)c2ccc3c(c2)OCCCO3)n1. The van der Waals surface area contributed by atoms with Crippen LogP contribution in [0.15, 0.2) is 23.6 Å². The van der Waals surface area contributed by atoms with Gasteiger partial charge in [0.25, 0.3) is 5.91 Å². The number of hydrogen-bond acceptors (Lipinski definition) is 5. The van der Waals surface area contributed by atoms with Crippen molar-refractivity contribution in [2.75, 3.05) is 18.5 Å². The normalized spacial score (nSPS) is 13.8. The van der Waals surface area contributed by atoms with Gasteiger partial charge < -0.3 is 9.47 Å². The summed E-state index contributed by atoms with van der Waals surface area (Å²) in [5.41, 5.74) is 1.52. The first-order valence-corrected chi connectivity index (χ1v) is 8.18. The van der Waals surface area contributed by atoms with E-state index in [9.17, 15) is 4.79 Å². The predicted molar refractivity (Wildman–Crippen MR) is 86.2 cm³/mol. The molecule has 1 amide bonds. The number of ether oxygens (including phenoxy) is 2. The van der Waals surface area contributed by atoms with Gasteiger partial charge >= 0.3 is 0 Å². The number of carbonyl (C=O) groups is 1. The van der Waals surface area contributed by atoms with Crippen molar-refractivity contribution >= 4 is 22.4 Å².